The van der Waals surface area contributed by atoms with Gasteiger partial charge in [0.15, 0.2) is 0 Å². The number of aliphatic hydroxyl groups is 1. The second-order valence-electron chi connectivity index (χ2n) is 6.26. The summed E-state index contributed by atoms with van der Waals surface area (Å²) in [7, 11) is 1.79. The van der Waals surface area contributed by atoms with Crippen LogP contribution in [0, 0.1) is 0 Å². The Balaban J connectivity index is 1.57. The first-order valence-corrected chi connectivity index (χ1v) is 9.09. The number of pyridine rings is 1. The highest BCUT2D eigenvalue weighted by atomic mass is 35.5. The van der Waals surface area contributed by atoms with E-state index >= 15 is 0 Å². The molecule has 8 heteroatoms. The molecule has 6 nitrogen and oxygen atoms in total. The fourth-order valence-electron chi connectivity index (χ4n) is 3.05. The number of nitrogens with one attached hydrogen (secondary N) is 2. The van der Waals surface area contributed by atoms with E-state index in [2.05, 4.69) is 20.4 Å². The molecule has 4 rings (SSSR count). The lowest BCUT2D eigenvalue weighted by molar-refractivity contribution is 0.211. The number of aromatic amines is 1. The summed E-state index contributed by atoms with van der Waals surface area (Å²) >= 11 is 12.1. The van der Waals surface area contributed by atoms with Crippen LogP contribution in [-0.4, -0.2) is 24.9 Å². The van der Waals surface area contributed by atoms with E-state index in [1.165, 1.54) is 0 Å². The van der Waals surface area contributed by atoms with Crippen LogP contribution in [0.15, 0.2) is 48.8 Å². The highest BCUT2D eigenvalue weighted by Crippen LogP contribution is 2.30. The van der Waals surface area contributed by atoms with E-state index in [4.69, 9.17) is 23.2 Å². The molecular formula is C19H17Cl2N5O. The fourth-order valence-corrected chi connectivity index (χ4v) is 3.42. The number of H-pyrrole nitrogens is 1. The van der Waals surface area contributed by atoms with Crippen LogP contribution in [0.4, 0.5) is 5.82 Å². The van der Waals surface area contributed by atoms with Gasteiger partial charge in [0, 0.05) is 48.0 Å². The number of fused-ring (bicyclic) bond motifs is 1. The Morgan fingerprint density at radius 2 is 2.07 bits per heavy atom. The number of benzene rings is 1. The van der Waals surface area contributed by atoms with Gasteiger partial charge < -0.3 is 15.4 Å². The van der Waals surface area contributed by atoms with Crippen molar-refractivity contribution < 1.29 is 5.11 Å². The van der Waals surface area contributed by atoms with Gasteiger partial charge in [0.1, 0.15) is 17.6 Å². The third-order valence-electron chi connectivity index (χ3n) is 4.38. The van der Waals surface area contributed by atoms with Crippen LogP contribution in [0.5, 0.6) is 0 Å². The van der Waals surface area contributed by atoms with Crippen molar-refractivity contribution in [3.8, 4) is 0 Å². The lowest BCUT2D eigenvalue weighted by Gasteiger charge is -2.09. The van der Waals surface area contributed by atoms with Crippen molar-refractivity contribution in [2.24, 2.45) is 7.05 Å². The molecule has 0 bridgehead atoms. The number of hydrogen-bond acceptors (Lipinski definition) is 4. The minimum absolute atomic E-state index is 0.518. The van der Waals surface area contributed by atoms with Crippen molar-refractivity contribution in [1.29, 1.82) is 0 Å². The zero-order valence-corrected chi connectivity index (χ0v) is 16.0. The quantitative estimate of drug-likeness (QED) is 0.465. The van der Waals surface area contributed by atoms with E-state index in [1.54, 1.807) is 30.2 Å². The molecule has 0 aliphatic heterocycles. The summed E-state index contributed by atoms with van der Waals surface area (Å²) in [6.07, 6.45) is 2.45. The number of anilines is 1. The first-order valence-electron chi connectivity index (χ1n) is 8.34. The van der Waals surface area contributed by atoms with E-state index in [1.807, 2.05) is 30.3 Å². The Labute approximate surface area is 165 Å². The molecule has 1 aromatic carbocycles. The van der Waals surface area contributed by atoms with E-state index in [0.29, 0.717) is 39.3 Å². The predicted molar refractivity (Wildman–Crippen MR) is 107 cm³/mol. The summed E-state index contributed by atoms with van der Waals surface area (Å²) < 4.78 is 1.65. The zero-order valence-electron chi connectivity index (χ0n) is 14.4. The largest absolute Gasteiger partial charge is 0.382 e. The molecule has 0 aliphatic carbocycles. The van der Waals surface area contributed by atoms with Gasteiger partial charge in [0.05, 0.1) is 10.7 Å². The monoisotopic (exact) mass is 401 g/mol. The maximum atomic E-state index is 10.9. The predicted octanol–water partition coefficient (Wildman–Crippen LogP) is 4.30. The van der Waals surface area contributed by atoms with E-state index in [-0.39, 0.29) is 0 Å². The molecule has 3 heterocycles. The van der Waals surface area contributed by atoms with Crippen molar-refractivity contribution >= 4 is 40.1 Å². The second kappa shape index (κ2) is 7.23. The lowest BCUT2D eigenvalue weighted by atomic mass is 10.1. The second-order valence-corrected chi connectivity index (χ2v) is 7.13. The molecule has 138 valence electrons. The highest BCUT2D eigenvalue weighted by Gasteiger charge is 2.20. The first-order chi connectivity index (χ1) is 13.0. The van der Waals surface area contributed by atoms with Gasteiger partial charge in [-0.05, 0) is 23.8 Å². The van der Waals surface area contributed by atoms with Crippen LogP contribution in [0.3, 0.4) is 0 Å². The van der Waals surface area contributed by atoms with Crippen molar-refractivity contribution in [2.45, 2.75) is 12.6 Å². The van der Waals surface area contributed by atoms with Gasteiger partial charge in [-0.1, -0.05) is 35.3 Å². The molecule has 4 aromatic rings. The Bertz CT molecular complexity index is 1100. The molecule has 0 aliphatic rings. The van der Waals surface area contributed by atoms with E-state index in [9.17, 15) is 5.11 Å². The molecule has 0 spiro atoms. The van der Waals surface area contributed by atoms with Crippen LogP contribution in [-0.2, 0) is 13.6 Å². The van der Waals surface area contributed by atoms with Gasteiger partial charge in [-0.25, -0.2) is 4.98 Å². The summed E-state index contributed by atoms with van der Waals surface area (Å²) in [6.45, 7) is 0.583. The molecule has 0 saturated heterocycles. The van der Waals surface area contributed by atoms with Gasteiger partial charge in [0.2, 0.25) is 0 Å². The zero-order chi connectivity index (χ0) is 19.0. The minimum atomic E-state index is -0.863. The van der Waals surface area contributed by atoms with E-state index < -0.39 is 6.10 Å². The number of aryl methyl sites for hydroxylation is 1. The molecule has 27 heavy (non-hydrogen) atoms. The van der Waals surface area contributed by atoms with Crippen molar-refractivity contribution in [3.05, 3.63) is 75.7 Å². The van der Waals surface area contributed by atoms with Gasteiger partial charge in [-0.15, -0.1) is 0 Å². The number of rotatable bonds is 5. The van der Waals surface area contributed by atoms with Gasteiger partial charge in [0.25, 0.3) is 0 Å². The lowest BCUT2D eigenvalue weighted by Crippen LogP contribution is -2.06. The molecule has 1 atom stereocenters. The van der Waals surface area contributed by atoms with Gasteiger partial charge in [-0.2, -0.15) is 5.10 Å². The molecule has 1 unspecified atom stereocenters. The topological polar surface area (TPSA) is 78.8 Å². The molecule has 0 radical (unpaired) electrons. The Kier molecular flexibility index (Phi) is 4.78. The smallest absolute Gasteiger partial charge is 0.148 e. The molecule has 0 fully saturated rings. The van der Waals surface area contributed by atoms with Crippen LogP contribution >= 0.6 is 23.2 Å². The third-order valence-corrected chi connectivity index (χ3v) is 4.82. The number of halogens is 2. The van der Waals surface area contributed by atoms with Crippen molar-refractivity contribution in [3.63, 3.8) is 0 Å². The Morgan fingerprint density at radius 1 is 1.22 bits per heavy atom. The normalized spacial score (nSPS) is 12.4. The molecule has 3 N–H and O–H groups in total. The van der Waals surface area contributed by atoms with E-state index in [0.717, 1.165) is 10.9 Å². The van der Waals surface area contributed by atoms with Crippen molar-refractivity contribution in [2.75, 3.05) is 5.32 Å². The highest BCUT2D eigenvalue weighted by molar-refractivity contribution is 6.31. The standard InChI is InChI=1S/C19H17Cl2N5O/c1-26-16(7-17(25-26)22-8-11-3-2-4-12(20)5-11)18(27)15-10-24-19-14(15)6-13(21)9-23-19/h2-7,9-10,18,27H,8H2,1H3,(H,22,25)(H,23,24). The number of aromatic nitrogens is 4. The number of aliphatic hydroxyl groups excluding tert-OH is 1. The van der Waals surface area contributed by atoms with Crippen molar-refractivity contribution in [1.82, 2.24) is 19.7 Å². The maximum Gasteiger partial charge on any atom is 0.148 e. The third kappa shape index (κ3) is 3.64. The summed E-state index contributed by atoms with van der Waals surface area (Å²) in [6, 6.07) is 11.2. The number of nitrogens with zero attached hydrogens (tertiary/aromatic N) is 3. The molecule has 3 aromatic heterocycles. The summed E-state index contributed by atoms with van der Waals surface area (Å²) in [5.41, 5.74) is 3.08. The Hall–Kier alpha value is -2.54. The van der Waals surface area contributed by atoms with Crippen LogP contribution in [0.25, 0.3) is 11.0 Å². The van der Waals surface area contributed by atoms with Crippen LogP contribution in [0.2, 0.25) is 10.0 Å². The first kappa shape index (κ1) is 17.9. The maximum absolute atomic E-state index is 10.9. The van der Waals surface area contributed by atoms with Gasteiger partial charge >= 0.3 is 0 Å². The molecular weight excluding hydrogens is 385 g/mol. The molecule has 0 amide bonds. The fraction of sp³-hybridized carbons (Fsp3) is 0.158. The van der Waals surface area contributed by atoms with Crippen LogP contribution < -0.4 is 5.32 Å². The average molecular weight is 402 g/mol. The minimum Gasteiger partial charge on any atom is -0.382 e. The summed E-state index contributed by atoms with van der Waals surface area (Å²) in [5.74, 6) is 0.669. The summed E-state index contributed by atoms with van der Waals surface area (Å²) in [4.78, 5) is 7.29. The number of hydrogen-bond donors (Lipinski definition) is 3. The van der Waals surface area contributed by atoms with Gasteiger partial charge in [-0.3, -0.25) is 4.68 Å². The Morgan fingerprint density at radius 3 is 2.89 bits per heavy atom. The summed E-state index contributed by atoms with van der Waals surface area (Å²) in [5, 5.41) is 20.6. The average Bonchev–Trinajstić information content (AvgIpc) is 3.22. The SMILES string of the molecule is Cn1nc(NCc2cccc(Cl)c2)cc1C(O)c1c[nH]c2ncc(Cl)cc12. The molecule has 0 saturated carbocycles. The van der Waals surface area contributed by atoms with Crippen LogP contribution in [0.1, 0.15) is 22.9 Å².